The van der Waals surface area contributed by atoms with E-state index in [2.05, 4.69) is 10.0 Å². The highest BCUT2D eigenvalue weighted by Crippen LogP contribution is 2.26. The molecule has 0 bridgehead atoms. The van der Waals surface area contributed by atoms with Crippen LogP contribution >= 0.6 is 11.6 Å². The fraction of sp³-hybridized carbons (Fsp3) is 0.533. The van der Waals surface area contributed by atoms with Gasteiger partial charge in [-0.2, -0.15) is 0 Å². The van der Waals surface area contributed by atoms with E-state index in [1.807, 2.05) is 6.92 Å². The van der Waals surface area contributed by atoms with Crippen LogP contribution < -0.4 is 10.0 Å². The lowest BCUT2D eigenvalue weighted by atomic mass is 9.98. The summed E-state index contributed by atoms with van der Waals surface area (Å²) >= 11 is 6.18. The molecule has 1 aromatic carbocycles. The number of benzene rings is 1. The Hall–Kier alpha value is -1.35. The van der Waals surface area contributed by atoms with Gasteiger partial charge >= 0.3 is 6.09 Å². The second-order valence-electron chi connectivity index (χ2n) is 5.81. The molecule has 0 aromatic heterocycles. The maximum absolute atomic E-state index is 11.9. The van der Waals surface area contributed by atoms with E-state index in [1.165, 1.54) is 13.8 Å². The third kappa shape index (κ3) is 7.04. The van der Waals surface area contributed by atoms with Crippen molar-refractivity contribution in [2.24, 2.45) is 0 Å². The Labute approximate surface area is 147 Å². The Morgan fingerprint density at radius 3 is 2.54 bits per heavy atom. The van der Waals surface area contributed by atoms with Crippen LogP contribution in [0.15, 0.2) is 18.2 Å². The highest BCUT2D eigenvalue weighted by atomic mass is 35.5. The van der Waals surface area contributed by atoms with Crippen molar-refractivity contribution in [1.29, 1.82) is 0 Å². The van der Waals surface area contributed by atoms with Crippen LogP contribution in [0.5, 0.6) is 0 Å². The Bertz CT molecular complexity index is 686. The van der Waals surface area contributed by atoms with Gasteiger partial charge in [-0.15, -0.1) is 0 Å². The van der Waals surface area contributed by atoms with Crippen LogP contribution in [0, 0.1) is 0 Å². The number of nitrogens with one attached hydrogen (secondary N) is 2. The minimum Gasteiger partial charge on any atom is -0.418 e. The predicted octanol–water partition coefficient (Wildman–Crippen LogP) is 1.95. The molecule has 24 heavy (non-hydrogen) atoms. The first-order valence-electron chi connectivity index (χ1n) is 7.36. The molecule has 1 amide bonds. The van der Waals surface area contributed by atoms with Gasteiger partial charge in [0.15, 0.2) is 0 Å². The number of carbonyl (C=O) groups is 1. The van der Waals surface area contributed by atoms with Crippen LogP contribution in [-0.2, 0) is 21.2 Å². The van der Waals surface area contributed by atoms with Crippen molar-refractivity contribution >= 4 is 27.7 Å². The number of ether oxygens (including phenoxy) is 1. The molecule has 0 aliphatic rings. The maximum atomic E-state index is 11.9. The fourth-order valence-electron chi connectivity index (χ4n) is 2.15. The van der Waals surface area contributed by atoms with E-state index >= 15 is 0 Å². The van der Waals surface area contributed by atoms with E-state index in [-0.39, 0.29) is 6.54 Å². The van der Waals surface area contributed by atoms with Gasteiger partial charge in [-0.25, -0.2) is 17.9 Å². The first-order chi connectivity index (χ1) is 10.9. The van der Waals surface area contributed by atoms with Crippen LogP contribution in [-0.4, -0.2) is 38.2 Å². The molecule has 1 aromatic rings. The monoisotopic (exact) mass is 378 g/mol. The normalized spacial score (nSPS) is 13.4. The molecular formula is C15H23ClN2O5S. The van der Waals surface area contributed by atoms with Crippen molar-refractivity contribution in [2.45, 2.75) is 39.0 Å². The number of hydrogen-bond acceptors (Lipinski definition) is 5. The zero-order chi connectivity index (χ0) is 18.5. The molecule has 3 N–H and O–H groups in total. The van der Waals surface area contributed by atoms with Gasteiger partial charge in [0.2, 0.25) is 15.8 Å². The molecule has 0 saturated carbocycles. The summed E-state index contributed by atoms with van der Waals surface area (Å²) < 4.78 is 29.9. The SMILES string of the molecule is CCc1c(Cl)cccc1C(CNS(C)(=O)=O)NC(=O)OC(C)(C)O. The molecule has 7 nitrogen and oxygen atoms in total. The lowest BCUT2D eigenvalue weighted by Gasteiger charge is -2.25. The lowest BCUT2D eigenvalue weighted by Crippen LogP contribution is -2.41. The van der Waals surface area contributed by atoms with Crippen LogP contribution in [0.2, 0.25) is 5.02 Å². The molecule has 136 valence electrons. The molecule has 9 heteroatoms. The zero-order valence-electron chi connectivity index (χ0n) is 14.1. The minimum absolute atomic E-state index is 0.0763. The van der Waals surface area contributed by atoms with E-state index < -0.39 is 27.9 Å². The molecule has 0 aliphatic carbocycles. The van der Waals surface area contributed by atoms with Crippen molar-refractivity contribution in [1.82, 2.24) is 10.0 Å². The molecular weight excluding hydrogens is 356 g/mol. The van der Waals surface area contributed by atoms with Crippen LogP contribution in [0.3, 0.4) is 0 Å². The van der Waals surface area contributed by atoms with Gasteiger partial charge in [0.25, 0.3) is 0 Å². The highest BCUT2D eigenvalue weighted by Gasteiger charge is 2.24. The summed E-state index contributed by atoms with van der Waals surface area (Å²) in [6.07, 6.45) is 0.759. The number of amides is 1. The molecule has 0 heterocycles. The Morgan fingerprint density at radius 2 is 2.04 bits per heavy atom. The Kier molecular flexibility index (Phi) is 7.03. The number of rotatable bonds is 7. The van der Waals surface area contributed by atoms with Gasteiger partial charge in [0.05, 0.1) is 12.3 Å². The summed E-state index contributed by atoms with van der Waals surface area (Å²) in [5.41, 5.74) is 1.47. The summed E-state index contributed by atoms with van der Waals surface area (Å²) in [6.45, 7) is 4.45. The van der Waals surface area contributed by atoms with Gasteiger partial charge in [0.1, 0.15) is 0 Å². The average Bonchev–Trinajstić information content (AvgIpc) is 2.40. The molecule has 0 aliphatic heterocycles. The van der Waals surface area contributed by atoms with E-state index in [1.54, 1.807) is 18.2 Å². The minimum atomic E-state index is -3.45. The third-order valence-corrected chi connectivity index (χ3v) is 4.11. The lowest BCUT2D eigenvalue weighted by molar-refractivity contribution is -0.131. The number of sulfonamides is 1. The van der Waals surface area contributed by atoms with E-state index in [0.717, 1.165) is 11.8 Å². The fourth-order valence-corrected chi connectivity index (χ4v) is 2.93. The quantitative estimate of drug-likeness (QED) is 0.629. The first kappa shape index (κ1) is 20.7. The molecule has 0 saturated heterocycles. The Balaban J connectivity index is 3.10. The smallest absolute Gasteiger partial charge is 0.410 e. The average molecular weight is 379 g/mol. The van der Waals surface area contributed by atoms with Gasteiger partial charge in [0, 0.05) is 25.4 Å². The van der Waals surface area contributed by atoms with E-state index in [4.69, 9.17) is 16.3 Å². The van der Waals surface area contributed by atoms with Gasteiger partial charge in [-0.05, 0) is 23.6 Å². The van der Waals surface area contributed by atoms with Gasteiger partial charge in [-0.1, -0.05) is 30.7 Å². The molecule has 1 rings (SSSR count). The first-order valence-corrected chi connectivity index (χ1v) is 9.63. The summed E-state index contributed by atoms with van der Waals surface area (Å²) in [6, 6.07) is 4.49. The van der Waals surface area contributed by atoms with Crippen LogP contribution in [0.25, 0.3) is 0 Å². The number of halogens is 1. The van der Waals surface area contributed by atoms with Crippen molar-refractivity contribution in [3.63, 3.8) is 0 Å². The molecule has 0 spiro atoms. The standard InChI is InChI=1S/C15H23ClN2O5S/c1-5-10-11(7-6-8-12(10)16)13(9-17-24(4,21)22)18-14(19)23-15(2,3)20/h6-8,13,17,20H,5,9H2,1-4H3,(H,18,19). The highest BCUT2D eigenvalue weighted by molar-refractivity contribution is 7.88. The van der Waals surface area contributed by atoms with Crippen molar-refractivity contribution in [3.05, 3.63) is 34.3 Å². The zero-order valence-corrected chi connectivity index (χ0v) is 15.7. The molecule has 1 unspecified atom stereocenters. The molecule has 1 atom stereocenters. The molecule has 0 fully saturated rings. The Morgan fingerprint density at radius 1 is 1.42 bits per heavy atom. The van der Waals surface area contributed by atoms with Gasteiger partial charge in [-0.3, -0.25) is 0 Å². The maximum Gasteiger partial charge on any atom is 0.410 e. The van der Waals surface area contributed by atoms with E-state index in [0.29, 0.717) is 17.0 Å². The van der Waals surface area contributed by atoms with Gasteiger partial charge < -0.3 is 15.2 Å². The third-order valence-electron chi connectivity index (χ3n) is 3.07. The summed E-state index contributed by atoms with van der Waals surface area (Å²) in [5.74, 6) is -1.65. The number of hydrogen-bond donors (Lipinski definition) is 3. The predicted molar refractivity (Wildman–Crippen MR) is 92.3 cm³/mol. The second kappa shape index (κ2) is 8.15. The summed E-state index contributed by atoms with van der Waals surface area (Å²) in [4.78, 5) is 11.9. The van der Waals surface area contributed by atoms with Crippen LogP contribution in [0.4, 0.5) is 4.79 Å². The second-order valence-corrected chi connectivity index (χ2v) is 8.06. The largest absolute Gasteiger partial charge is 0.418 e. The van der Waals surface area contributed by atoms with E-state index in [9.17, 15) is 18.3 Å². The van der Waals surface area contributed by atoms with Crippen molar-refractivity contribution in [3.8, 4) is 0 Å². The van der Waals surface area contributed by atoms with Crippen molar-refractivity contribution in [2.75, 3.05) is 12.8 Å². The number of aliphatic hydroxyl groups is 1. The topological polar surface area (TPSA) is 105 Å². The number of carbonyl (C=O) groups excluding carboxylic acids is 1. The van der Waals surface area contributed by atoms with Crippen molar-refractivity contribution < 1.29 is 23.1 Å². The summed E-state index contributed by atoms with van der Waals surface area (Å²) in [5, 5.41) is 12.6. The van der Waals surface area contributed by atoms with Crippen LogP contribution in [0.1, 0.15) is 37.9 Å². The summed E-state index contributed by atoms with van der Waals surface area (Å²) in [7, 11) is -3.45. The number of alkyl carbamates (subject to hydrolysis) is 1. The molecule has 0 radical (unpaired) electrons.